The molecule has 3 rings (SSSR count). The summed E-state index contributed by atoms with van der Waals surface area (Å²) in [5.74, 6) is 1.84. The summed E-state index contributed by atoms with van der Waals surface area (Å²) < 4.78 is 16.3. The standard InChI is InChI=1S/C16H19N3O3/c1-20-15-8-9-17-16(19-15)18-12-4-6-13(7-5-12)22-11-14-3-2-10-21-14/h4-9,14H,2-3,10-11H2,1H3,(H,17,18,19)/t14-/m0/s1. The van der Waals surface area contributed by atoms with Gasteiger partial charge in [-0.15, -0.1) is 0 Å². The van der Waals surface area contributed by atoms with E-state index in [4.69, 9.17) is 14.2 Å². The number of nitrogens with zero attached hydrogens (tertiary/aromatic N) is 2. The third kappa shape index (κ3) is 3.85. The van der Waals surface area contributed by atoms with Crippen LogP contribution in [-0.2, 0) is 4.74 Å². The molecule has 1 aromatic carbocycles. The van der Waals surface area contributed by atoms with Gasteiger partial charge in [-0.3, -0.25) is 0 Å². The van der Waals surface area contributed by atoms with E-state index < -0.39 is 0 Å². The second kappa shape index (κ2) is 7.09. The average Bonchev–Trinajstić information content (AvgIpc) is 3.08. The summed E-state index contributed by atoms with van der Waals surface area (Å²) in [7, 11) is 1.58. The van der Waals surface area contributed by atoms with E-state index in [2.05, 4.69) is 15.3 Å². The smallest absolute Gasteiger partial charge is 0.230 e. The highest BCUT2D eigenvalue weighted by atomic mass is 16.5. The van der Waals surface area contributed by atoms with Gasteiger partial charge in [0.15, 0.2) is 0 Å². The molecule has 0 aliphatic carbocycles. The quantitative estimate of drug-likeness (QED) is 0.885. The van der Waals surface area contributed by atoms with Crippen molar-refractivity contribution in [3.8, 4) is 11.6 Å². The molecule has 0 saturated carbocycles. The molecule has 116 valence electrons. The van der Waals surface area contributed by atoms with Crippen molar-refractivity contribution >= 4 is 11.6 Å². The molecular formula is C16H19N3O3. The highest BCUT2D eigenvalue weighted by Gasteiger charge is 2.15. The van der Waals surface area contributed by atoms with Crippen LogP contribution in [0.5, 0.6) is 11.6 Å². The summed E-state index contributed by atoms with van der Waals surface area (Å²) in [6.07, 6.45) is 4.07. The zero-order chi connectivity index (χ0) is 15.2. The van der Waals surface area contributed by atoms with E-state index in [1.165, 1.54) is 0 Å². The monoisotopic (exact) mass is 301 g/mol. The number of methoxy groups -OCH3 is 1. The largest absolute Gasteiger partial charge is 0.491 e. The van der Waals surface area contributed by atoms with Crippen LogP contribution in [0.4, 0.5) is 11.6 Å². The molecule has 1 saturated heterocycles. The SMILES string of the molecule is COc1ccnc(Nc2ccc(OC[C@@H]3CCCO3)cc2)n1. The van der Waals surface area contributed by atoms with Gasteiger partial charge in [0.1, 0.15) is 12.4 Å². The van der Waals surface area contributed by atoms with Crippen LogP contribution in [0.3, 0.4) is 0 Å². The Labute approximate surface area is 129 Å². The molecule has 1 atom stereocenters. The topological polar surface area (TPSA) is 65.5 Å². The molecule has 1 aliphatic rings. The average molecular weight is 301 g/mol. The number of benzene rings is 1. The second-order valence-electron chi connectivity index (χ2n) is 5.02. The molecule has 0 unspecified atom stereocenters. The lowest BCUT2D eigenvalue weighted by Crippen LogP contribution is -2.16. The third-order valence-electron chi connectivity index (χ3n) is 3.41. The Kier molecular flexibility index (Phi) is 4.70. The Morgan fingerprint density at radius 2 is 2.14 bits per heavy atom. The van der Waals surface area contributed by atoms with Gasteiger partial charge < -0.3 is 19.5 Å². The Morgan fingerprint density at radius 3 is 2.86 bits per heavy atom. The van der Waals surface area contributed by atoms with Crippen LogP contribution in [0.2, 0.25) is 0 Å². The summed E-state index contributed by atoms with van der Waals surface area (Å²) in [6, 6.07) is 9.38. The summed E-state index contributed by atoms with van der Waals surface area (Å²) in [5, 5.41) is 3.12. The summed E-state index contributed by atoms with van der Waals surface area (Å²) in [6.45, 7) is 1.45. The van der Waals surface area contributed by atoms with Gasteiger partial charge in [0.05, 0.1) is 13.2 Å². The Morgan fingerprint density at radius 1 is 1.27 bits per heavy atom. The van der Waals surface area contributed by atoms with E-state index >= 15 is 0 Å². The second-order valence-corrected chi connectivity index (χ2v) is 5.02. The predicted octanol–water partition coefficient (Wildman–Crippen LogP) is 2.79. The number of nitrogens with one attached hydrogen (secondary N) is 1. The van der Waals surface area contributed by atoms with Gasteiger partial charge in [0, 0.05) is 24.6 Å². The zero-order valence-electron chi connectivity index (χ0n) is 12.5. The lowest BCUT2D eigenvalue weighted by atomic mass is 10.2. The Bertz CT molecular complexity index is 598. The number of aromatic nitrogens is 2. The van der Waals surface area contributed by atoms with E-state index in [0.29, 0.717) is 18.4 Å². The normalized spacial score (nSPS) is 17.2. The minimum Gasteiger partial charge on any atom is -0.491 e. The fourth-order valence-electron chi connectivity index (χ4n) is 2.24. The van der Waals surface area contributed by atoms with Crippen molar-refractivity contribution in [2.45, 2.75) is 18.9 Å². The molecule has 1 aromatic heterocycles. The number of rotatable bonds is 6. The van der Waals surface area contributed by atoms with Gasteiger partial charge in [-0.25, -0.2) is 4.98 Å². The van der Waals surface area contributed by atoms with Crippen LogP contribution in [-0.4, -0.2) is 36.4 Å². The van der Waals surface area contributed by atoms with Gasteiger partial charge in [0.25, 0.3) is 0 Å². The molecule has 1 fully saturated rings. The number of hydrogen-bond donors (Lipinski definition) is 1. The maximum Gasteiger partial charge on any atom is 0.230 e. The van der Waals surface area contributed by atoms with E-state index in [-0.39, 0.29) is 6.10 Å². The molecule has 1 aliphatic heterocycles. The van der Waals surface area contributed by atoms with Crippen LogP contribution in [0.25, 0.3) is 0 Å². The Hall–Kier alpha value is -2.34. The fourth-order valence-corrected chi connectivity index (χ4v) is 2.24. The molecule has 1 N–H and O–H groups in total. The number of anilines is 2. The van der Waals surface area contributed by atoms with E-state index in [9.17, 15) is 0 Å². The van der Waals surface area contributed by atoms with Gasteiger partial charge in [-0.1, -0.05) is 0 Å². The summed E-state index contributed by atoms with van der Waals surface area (Å²) in [4.78, 5) is 8.35. The molecule has 0 bridgehead atoms. The van der Waals surface area contributed by atoms with E-state index in [1.807, 2.05) is 24.3 Å². The fraction of sp³-hybridized carbons (Fsp3) is 0.375. The first kappa shape index (κ1) is 14.6. The zero-order valence-corrected chi connectivity index (χ0v) is 12.5. The van der Waals surface area contributed by atoms with E-state index in [1.54, 1.807) is 19.4 Å². The first-order chi connectivity index (χ1) is 10.8. The van der Waals surface area contributed by atoms with Crippen molar-refractivity contribution in [3.63, 3.8) is 0 Å². The van der Waals surface area contributed by atoms with Crippen molar-refractivity contribution in [1.82, 2.24) is 9.97 Å². The first-order valence-electron chi connectivity index (χ1n) is 7.32. The molecular weight excluding hydrogens is 282 g/mol. The molecule has 2 heterocycles. The molecule has 22 heavy (non-hydrogen) atoms. The van der Waals surface area contributed by atoms with Crippen LogP contribution in [0, 0.1) is 0 Å². The van der Waals surface area contributed by atoms with Gasteiger partial charge >= 0.3 is 0 Å². The molecule has 0 spiro atoms. The highest BCUT2D eigenvalue weighted by Crippen LogP contribution is 2.20. The van der Waals surface area contributed by atoms with Crippen LogP contribution in [0.15, 0.2) is 36.5 Å². The molecule has 0 radical (unpaired) electrons. The summed E-state index contributed by atoms with van der Waals surface area (Å²) in [5.41, 5.74) is 0.887. The van der Waals surface area contributed by atoms with Crippen LogP contribution >= 0.6 is 0 Å². The van der Waals surface area contributed by atoms with Gasteiger partial charge in [0.2, 0.25) is 11.8 Å². The van der Waals surface area contributed by atoms with Crippen molar-refractivity contribution in [3.05, 3.63) is 36.5 Å². The molecule has 2 aromatic rings. The molecule has 0 amide bonds. The first-order valence-corrected chi connectivity index (χ1v) is 7.32. The lowest BCUT2D eigenvalue weighted by molar-refractivity contribution is 0.0679. The molecule has 6 nitrogen and oxygen atoms in total. The van der Waals surface area contributed by atoms with Gasteiger partial charge in [-0.2, -0.15) is 4.98 Å². The summed E-state index contributed by atoms with van der Waals surface area (Å²) >= 11 is 0. The van der Waals surface area contributed by atoms with E-state index in [0.717, 1.165) is 30.9 Å². The van der Waals surface area contributed by atoms with Crippen LogP contribution < -0.4 is 14.8 Å². The van der Waals surface area contributed by atoms with Crippen LogP contribution in [0.1, 0.15) is 12.8 Å². The highest BCUT2D eigenvalue weighted by molar-refractivity contribution is 5.54. The maximum atomic E-state index is 5.73. The maximum absolute atomic E-state index is 5.73. The molecule has 6 heteroatoms. The van der Waals surface area contributed by atoms with Crippen molar-refractivity contribution in [1.29, 1.82) is 0 Å². The predicted molar refractivity (Wildman–Crippen MR) is 82.8 cm³/mol. The van der Waals surface area contributed by atoms with Crippen molar-refractivity contribution in [2.75, 3.05) is 25.6 Å². The minimum absolute atomic E-state index is 0.225. The van der Waals surface area contributed by atoms with Crippen molar-refractivity contribution in [2.24, 2.45) is 0 Å². The lowest BCUT2D eigenvalue weighted by Gasteiger charge is -2.12. The number of hydrogen-bond acceptors (Lipinski definition) is 6. The Balaban J connectivity index is 1.56. The third-order valence-corrected chi connectivity index (χ3v) is 3.41. The number of ether oxygens (including phenoxy) is 3. The van der Waals surface area contributed by atoms with Crippen molar-refractivity contribution < 1.29 is 14.2 Å². The van der Waals surface area contributed by atoms with Gasteiger partial charge in [-0.05, 0) is 37.1 Å². The minimum atomic E-state index is 0.225.